The Balaban J connectivity index is 1.56. The first-order valence-corrected chi connectivity index (χ1v) is 8.73. The summed E-state index contributed by atoms with van der Waals surface area (Å²) in [6.07, 6.45) is 0. The summed E-state index contributed by atoms with van der Waals surface area (Å²) >= 11 is 2.96. The summed E-state index contributed by atoms with van der Waals surface area (Å²) in [5.41, 5.74) is 2.30. The first-order valence-electron chi connectivity index (χ1n) is 6.91. The molecule has 1 aliphatic heterocycles. The van der Waals surface area contributed by atoms with Crippen LogP contribution in [0.15, 0.2) is 40.4 Å². The fraction of sp³-hybridized carbons (Fsp3) is 0. The Morgan fingerprint density at radius 1 is 1.08 bits per heavy atom. The molecule has 0 saturated heterocycles. The van der Waals surface area contributed by atoms with Gasteiger partial charge in [0.05, 0.1) is 11.1 Å². The molecule has 1 aromatic carbocycles. The van der Waals surface area contributed by atoms with E-state index in [0.29, 0.717) is 16.9 Å². The lowest BCUT2D eigenvalue weighted by molar-refractivity contribution is 0.0878. The maximum absolute atomic E-state index is 12.3. The molecule has 0 radical (unpaired) electrons. The van der Waals surface area contributed by atoms with E-state index in [1.807, 2.05) is 16.8 Å². The number of benzene rings is 1. The molecular weight excluding hydrogens is 346 g/mol. The number of nitrogens with one attached hydrogen (secondary N) is 2. The molecule has 0 saturated carbocycles. The van der Waals surface area contributed by atoms with E-state index in [2.05, 4.69) is 15.6 Å². The Morgan fingerprint density at radius 3 is 2.71 bits per heavy atom. The number of anilines is 1. The summed E-state index contributed by atoms with van der Waals surface area (Å²) in [4.78, 5) is 39.8. The number of carbonyl (C=O) groups is 3. The number of amides is 3. The number of thiophene rings is 1. The summed E-state index contributed by atoms with van der Waals surface area (Å²) in [5, 5.41) is 11.3. The maximum atomic E-state index is 12.3. The zero-order chi connectivity index (χ0) is 16.7. The summed E-state index contributed by atoms with van der Waals surface area (Å²) in [7, 11) is 0. The maximum Gasteiger partial charge on any atom is 0.275 e. The van der Waals surface area contributed by atoms with Crippen LogP contribution in [0, 0.1) is 0 Å². The Hall–Kier alpha value is -2.84. The number of thiazole rings is 1. The van der Waals surface area contributed by atoms with Gasteiger partial charge in [0.15, 0.2) is 0 Å². The van der Waals surface area contributed by atoms with Gasteiger partial charge in [0, 0.05) is 22.0 Å². The first-order chi connectivity index (χ1) is 11.6. The third-order valence-electron chi connectivity index (χ3n) is 3.50. The predicted molar refractivity (Wildman–Crippen MR) is 91.6 cm³/mol. The van der Waals surface area contributed by atoms with Gasteiger partial charge >= 0.3 is 0 Å². The van der Waals surface area contributed by atoms with Crippen LogP contribution in [0.2, 0.25) is 0 Å². The van der Waals surface area contributed by atoms with Crippen LogP contribution in [0.4, 0.5) is 5.69 Å². The zero-order valence-corrected chi connectivity index (χ0v) is 13.7. The molecule has 2 aromatic heterocycles. The highest BCUT2D eigenvalue weighted by Crippen LogP contribution is 2.26. The lowest BCUT2D eigenvalue weighted by Crippen LogP contribution is -2.19. The van der Waals surface area contributed by atoms with Gasteiger partial charge in [0.25, 0.3) is 17.7 Å². The largest absolute Gasteiger partial charge is 0.321 e. The van der Waals surface area contributed by atoms with Crippen LogP contribution in [0.25, 0.3) is 10.6 Å². The Bertz CT molecular complexity index is 976. The number of carbonyl (C=O) groups excluding carboxylic acids is 3. The highest BCUT2D eigenvalue weighted by Gasteiger charge is 2.27. The smallest absolute Gasteiger partial charge is 0.275 e. The number of imide groups is 1. The van der Waals surface area contributed by atoms with Crippen molar-refractivity contribution < 1.29 is 14.4 Å². The van der Waals surface area contributed by atoms with Gasteiger partial charge in [-0.05, 0) is 29.6 Å². The fourth-order valence-corrected chi connectivity index (χ4v) is 3.85. The molecule has 8 heteroatoms. The van der Waals surface area contributed by atoms with Crippen molar-refractivity contribution in [3.8, 4) is 10.6 Å². The summed E-state index contributed by atoms with van der Waals surface area (Å²) < 4.78 is 0. The molecule has 4 rings (SSSR count). The number of nitrogens with zero attached hydrogens (tertiary/aromatic N) is 1. The van der Waals surface area contributed by atoms with Crippen molar-refractivity contribution in [3.63, 3.8) is 0 Å². The third kappa shape index (κ3) is 2.51. The van der Waals surface area contributed by atoms with Gasteiger partial charge in [-0.1, -0.05) is 0 Å². The molecule has 3 aromatic rings. The molecule has 1 aliphatic rings. The molecule has 0 spiro atoms. The minimum absolute atomic E-state index is 0.259. The van der Waals surface area contributed by atoms with Gasteiger partial charge in [-0.25, -0.2) is 4.98 Å². The van der Waals surface area contributed by atoms with E-state index in [0.717, 1.165) is 10.6 Å². The molecule has 3 heterocycles. The molecule has 0 atom stereocenters. The Morgan fingerprint density at radius 2 is 1.92 bits per heavy atom. The van der Waals surface area contributed by atoms with Crippen molar-refractivity contribution in [2.24, 2.45) is 0 Å². The van der Waals surface area contributed by atoms with E-state index >= 15 is 0 Å². The highest BCUT2D eigenvalue weighted by atomic mass is 32.1. The molecule has 2 N–H and O–H groups in total. The lowest BCUT2D eigenvalue weighted by atomic mass is 10.1. The summed E-state index contributed by atoms with van der Waals surface area (Å²) in [6, 6.07) is 6.53. The minimum Gasteiger partial charge on any atom is -0.321 e. The van der Waals surface area contributed by atoms with E-state index in [-0.39, 0.29) is 11.5 Å². The monoisotopic (exact) mass is 355 g/mol. The summed E-state index contributed by atoms with van der Waals surface area (Å²) in [5.74, 6) is -1.25. The van der Waals surface area contributed by atoms with Crippen LogP contribution < -0.4 is 10.6 Å². The van der Waals surface area contributed by atoms with Crippen molar-refractivity contribution in [1.29, 1.82) is 0 Å². The second-order valence-electron chi connectivity index (χ2n) is 5.05. The van der Waals surface area contributed by atoms with Crippen molar-refractivity contribution in [1.82, 2.24) is 10.3 Å². The molecule has 0 fully saturated rings. The van der Waals surface area contributed by atoms with Gasteiger partial charge in [0.1, 0.15) is 10.7 Å². The molecular formula is C16H9N3O3S2. The third-order valence-corrected chi connectivity index (χ3v) is 5.07. The van der Waals surface area contributed by atoms with E-state index in [9.17, 15) is 14.4 Å². The molecule has 24 heavy (non-hydrogen) atoms. The Labute approximate surface area is 144 Å². The van der Waals surface area contributed by atoms with E-state index < -0.39 is 11.8 Å². The van der Waals surface area contributed by atoms with Crippen LogP contribution in [-0.2, 0) is 0 Å². The van der Waals surface area contributed by atoms with Crippen LogP contribution in [0.3, 0.4) is 0 Å². The van der Waals surface area contributed by atoms with E-state index in [1.165, 1.54) is 23.5 Å². The number of rotatable bonds is 3. The lowest BCUT2D eigenvalue weighted by Gasteiger charge is -2.04. The van der Waals surface area contributed by atoms with Crippen molar-refractivity contribution in [2.75, 3.05) is 5.32 Å². The molecule has 0 aliphatic carbocycles. The molecule has 0 unspecified atom stereocenters. The number of fused-ring (bicyclic) bond motifs is 1. The van der Waals surface area contributed by atoms with E-state index in [1.54, 1.807) is 22.8 Å². The number of aromatic nitrogens is 1. The minimum atomic E-state index is -0.459. The van der Waals surface area contributed by atoms with Crippen molar-refractivity contribution >= 4 is 46.1 Å². The van der Waals surface area contributed by atoms with Crippen molar-refractivity contribution in [2.45, 2.75) is 0 Å². The van der Waals surface area contributed by atoms with Crippen LogP contribution in [0.1, 0.15) is 31.2 Å². The topological polar surface area (TPSA) is 88.2 Å². The normalized spacial score (nSPS) is 12.8. The standard InChI is InChI=1S/C16H9N3O3S2/c20-13-10-2-1-9(5-11(10)14(21)19-13)17-15(22)12-7-24-16(18-12)8-3-4-23-6-8/h1-7H,(H,17,22)(H,19,20,21). The highest BCUT2D eigenvalue weighted by molar-refractivity contribution is 7.14. The van der Waals surface area contributed by atoms with Crippen molar-refractivity contribution in [3.05, 3.63) is 57.2 Å². The fourth-order valence-electron chi connectivity index (χ4n) is 2.34. The van der Waals surface area contributed by atoms with E-state index in [4.69, 9.17) is 0 Å². The summed E-state index contributed by atoms with van der Waals surface area (Å²) in [6.45, 7) is 0. The van der Waals surface area contributed by atoms with Gasteiger partial charge in [-0.3, -0.25) is 19.7 Å². The molecule has 3 amide bonds. The number of hydrogen-bond acceptors (Lipinski definition) is 6. The second kappa shape index (κ2) is 5.66. The van der Waals surface area contributed by atoms with Crippen LogP contribution in [0.5, 0.6) is 0 Å². The quantitative estimate of drug-likeness (QED) is 0.707. The first kappa shape index (κ1) is 14.7. The predicted octanol–water partition coefficient (Wildman–Crippen LogP) is 3.01. The Kier molecular flexibility index (Phi) is 3.47. The van der Waals surface area contributed by atoms with Crippen LogP contribution >= 0.6 is 22.7 Å². The SMILES string of the molecule is O=C(Nc1ccc2c(c1)C(=O)NC2=O)c1csc(-c2ccsc2)n1. The molecule has 6 nitrogen and oxygen atoms in total. The average Bonchev–Trinajstić information content (AvgIpc) is 3.29. The second-order valence-corrected chi connectivity index (χ2v) is 6.69. The average molecular weight is 355 g/mol. The van der Waals surface area contributed by atoms with Gasteiger partial charge in [-0.15, -0.1) is 11.3 Å². The zero-order valence-electron chi connectivity index (χ0n) is 12.0. The van der Waals surface area contributed by atoms with Gasteiger partial charge < -0.3 is 5.32 Å². The molecule has 118 valence electrons. The molecule has 0 bridgehead atoms. The van der Waals surface area contributed by atoms with Gasteiger partial charge in [-0.2, -0.15) is 11.3 Å². The van der Waals surface area contributed by atoms with Crippen LogP contribution in [-0.4, -0.2) is 22.7 Å². The van der Waals surface area contributed by atoms with Gasteiger partial charge in [0.2, 0.25) is 0 Å². The number of hydrogen-bond donors (Lipinski definition) is 2.